The number of carbonyl (C=O) groups excluding carboxylic acids is 2. The van der Waals surface area contributed by atoms with Gasteiger partial charge in [-0.15, -0.1) is 0 Å². The van der Waals surface area contributed by atoms with E-state index in [1.54, 1.807) is 7.11 Å². The van der Waals surface area contributed by atoms with E-state index in [-0.39, 0.29) is 24.2 Å². The number of amides is 1. The van der Waals surface area contributed by atoms with Gasteiger partial charge in [0.05, 0.1) is 33.7 Å². The third-order valence-corrected chi connectivity index (χ3v) is 6.66. The molecule has 2 aromatic rings. The zero-order chi connectivity index (χ0) is 23.6. The first-order valence-corrected chi connectivity index (χ1v) is 11.8. The fourth-order valence-corrected chi connectivity index (χ4v) is 4.59. The molecule has 178 valence electrons. The van der Waals surface area contributed by atoms with Crippen LogP contribution < -0.4 is 14.7 Å². The average molecular weight is 454 g/mol. The molecule has 3 rings (SSSR count). The third kappa shape index (κ3) is 7.86. The van der Waals surface area contributed by atoms with E-state index in [1.165, 1.54) is 4.90 Å². The molecule has 7 nitrogen and oxygen atoms in total. The molecule has 1 saturated heterocycles. The molecule has 1 amide bonds. The summed E-state index contributed by atoms with van der Waals surface area (Å²) in [4.78, 5) is 31.9. The largest absolute Gasteiger partial charge is 0.550 e. The van der Waals surface area contributed by atoms with Gasteiger partial charge in [-0.25, -0.2) is 0 Å². The number of carboxylic acid groups (broad SMARTS) is 1. The van der Waals surface area contributed by atoms with Gasteiger partial charge in [0.2, 0.25) is 5.91 Å². The molecule has 1 fully saturated rings. The lowest BCUT2D eigenvalue weighted by atomic mass is 9.81. The van der Waals surface area contributed by atoms with Crippen LogP contribution in [0.5, 0.6) is 5.75 Å². The summed E-state index contributed by atoms with van der Waals surface area (Å²) in [5, 5.41) is 11.3. The van der Waals surface area contributed by atoms with E-state index in [1.807, 2.05) is 53.6 Å². The maximum Gasteiger partial charge on any atom is 0.226 e. The highest BCUT2D eigenvalue weighted by Gasteiger charge is 2.32. The van der Waals surface area contributed by atoms with E-state index in [0.717, 1.165) is 42.9 Å². The second-order valence-corrected chi connectivity index (χ2v) is 9.07. The van der Waals surface area contributed by atoms with E-state index < -0.39 is 5.97 Å². The van der Waals surface area contributed by atoms with E-state index in [0.29, 0.717) is 25.9 Å². The lowest BCUT2D eigenvalue weighted by Gasteiger charge is -2.39. The quantitative estimate of drug-likeness (QED) is 0.532. The highest BCUT2D eigenvalue weighted by molar-refractivity contribution is 5.79. The van der Waals surface area contributed by atoms with Gasteiger partial charge in [-0.05, 0) is 54.5 Å². The Morgan fingerprint density at radius 3 is 2.61 bits per heavy atom. The Morgan fingerprint density at radius 2 is 1.94 bits per heavy atom. The molecule has 0 saturated carbocycles. The first kappa shape index (κ1) is 24.7. The van der Waals surface area contributed by atoms with Crippen molar-refractivity contribution in [2.24, 2.45) is 11.8 Å². The molecule has 3 atom stereocenters. The third-order valence-electron chi connectivity index (χ3n) is 6.66. The van der Waals surface area contributed by atoms with Crippen molar-refractivity contribution in [2.75, 3.05) is 40.3 Å². The number of likely N-dealkylation sites (tertiary alicyclic amines) is 1. The molecule has 1 aromatic heterocycles. The summed E-state index contributed by atoms with van der Waals surface area (Å²) in [7, 11) is 3.78. The Hall–Kier alpha value is -2.93. The number of aliphatic carboxylic acids is 1. The second kappa shape index (κ2) is 12.3. The Morgan fingerprint density at radius 1 is 1.15 bits per heavy atom. The van der Waals surface area contributed by atoms with Crippen LogP contribution in [0.25, 0.3) is 0 Å². The number of carbonyl (C=O) groups is 2. The molecule has 1 unspecified atom stereocenters. The number of pyridine rings is 1. The number of nitrogens with zero attached hydrogens (tertiary/aromatic N) is 2. The van der Waals surface area contributed by atoms with Gasteiger partial charge in [0.1, 0.15) is 5.75 Å². The maximum absolute atomic E-state index is 12.9. The Kier molecular flexibility index (Phi) is 9.24. The minimum atomic E-state index is -1.00. The maximum atomic E-state index is 12.9. The summed E-state index contributed by atoms with van der Waals surface area (Å²) in [5.41, 5.74) is 2.03. The van der Waals surface area contributed by atoms with Crippen LogP contribution in [0.15, 0.2) is 48.7 Å². The number of methoxy groups -OCH3 is 1. The zero-order valence-electron chi connectivity index (χ0n) is 19.7. The van der Waals surface area contributed by atoms with Gasteiger partial charge < -0.3 is 24.4 Å². The van der Waals surface area contributed by atoms with Crippen molar-refractivity contribution in [1.29, 1.82) is 0 Å². The number of quaternary nitrogens is 1. The van der Waals surface area contributed by atoms with E-state index >= 15 is 0 Å². The topological polar surface area (TPSA) is 87.0 Å². The fourth-order valence-electron chi connectivity index (χ4n) is 4.59. The summed E-state index contributed by atoms with van der Waals surface area (Å²) in [6, 6.07) is 13.5. The van der Waals surface area contributed by atoms with Crippen LogP contribution in [0, 0.1) is 11.8 Å². The van der Waals surface area contributed by atoms with Crippen molar-refractivity contribution in [3.8, 4) is 5.75 Å². The van der Waals surface area contributed by atoms with Crippen molar-refractivity contribution in [3.63, 3.8) is 0 Å². The van der Waals surface area contributed by atoms with Gasteiger partial charge in [0, 0.05) is 43.8 Å². The monoisotopic (exact) mass is 453 g/mol. The molecule has 1 aromatic carbocycles. The molecular weight excluding hydrogens is 418 g/mol. The number of ether oxygens (including phenoxy) is 1. The number of hydrogen-bond donors (Lipinski definition) is 1. The number of carboxylic acids is 1. The molecule has 2 heterocycles. The number of likely N-dealkylation sites (N-methyl/N-ethyl adjacent to an activating group) is 1. The van der Waals surface area contributed by atoms with Crippen molar-refractivity contribution in [2.45, 2.75) is 32.1 Å². The molecule has 0 bridgehead atoms. The molecule has 33 heavy (non-hydrogen) atoms. The van der Waals surface area contributed by atoms with E-state index in [9.17, 15) is 14.7 Å². The summed E-state index contributed by atoms with van der Waals surface area (Å²) in [6.45, 7) is 3.11. The van der Waals surface area contributed by atoms with Crippen LogP contribution in [0.2, 0.25) is 0 Å². The molecule has 1 aliphatic heterocycles. The minimum absolute atomic E-state index is 0.0589. The Balaban J connectivity index is 1.54. The van der Waals surface area contributed by atoms with Crippen molar-refractivity contribution in [1.82, 2.24) is 9.88 Å². The predicted octanol–water partition coefficient (Wildman–Crippen LogP) is 0.385. The van der Waals surface area contributed by atoms with Crippen LogP contribution in [0.3, 0.4) is 0 Å². The van der Waals surface area contributed by atoms with E-state index in [2.05, 4.69) is 12.0 Å². The second-order valence-electron chi connectivity index (χ2n) is 9.07. The molecule has 0 aliphatic carbocycles. The molecule has 7 heteroatoms. The van der Waals surface area contributed by atoms with Crippen molar-refractivity contribution in [3.05, 3.63) is 59.9 Å². The van der Waals surface area contributed by atoms with Crippen LogP contribution in [-0.4, -0.2) is 62.1 Å². The summed E-state index contributed by atoms with van der Waals surface area (Å²) in [6.07, 6.45) is 4.73. The van der Waals surface area contributed by atoms with Crippen LogP contribution in [0.1, 0.15) is 30.5 Å². The Labute approximate surface area is 196 Å². The lowest BCUT2D eigenvalue weighted by Crippen LogP contribution is -3.09. The van der Waals surface area contributed by atoms with Crippen LogP contribution in [-0.2, 0) is 22.4 Å². The van der Waals surface area contributed by atoms with Gasteiger partial charge in [0.15, 0.2) is 0 Å². The predicted molar refractivity (Wildman–Crippen MR) is 124 cm³/mol. The standard InChI is InChI=1S/C26H35N3O4/c1-28(15-12-23-5-3-4-13-27-23)14-10-22-19-29(16-11-21(22)18-26(31)32)25(30)17-20-6-8-24(33-2)9-7-20/h3-9,13,21-22H,10-12,14-19H2,1-2H3,(H,31,32)/t21-,22-/m0/s1. The number of nitrogens with one attached hydrogen (secondary N) is 1. The first-order chi connectivity index (χ1) is 15.9. The number of aromatic nitrogens is 1. The average Bonchev–Trinajstić information content (AvgIpc) is 2.82. The Bertz CT molecular complexity index is 888. The molecule has 0 radical (unpaired) electrons. The normalized spacial score (nSPS) is 19.2. The lowest BCUT2D eigenvalue weighted by molar-refractivity contribution is -0.880. The van der Waals surface area contributed by atoms with Crippen molar-refractivity contribution >= 4 is 11.9 Å². The summed E-state index contributed by atoms with van der Waals surface area (Å²) >= 11 is 0. The van der Waals surface area contributed by atoms with Gasteiger partial charge in [-0.1, -0.05) is 18.2 Å². The zero-order valence-corrected chi connectivity index (χ0v) is 19.7. The highest BCUT2D eigenvalue weighted by Crippen LogP contribution is 2.29. The summed E-state index contributed by atoms with van der Waals surface area (Å²) in [5.74, 6) is 0.0840. The first-order valence-electron chi connectivity index (χ1n) is 11.8. The van der Waals surface area contributed by atoms with Gasteiger partial charge in [0.25, 0.3) is 0 Å². The molecular formula is C26H35N3O4. The van der Waals surface area contributed by atoms with Crippen LogP contribution in [0.4, 0.5) is 0 Å². The van der Waals surface area contributed by atoms with E-state index in [4.69, 9.17) is 4.74 Å². The van der Waals surface area contributed by atoms with Gasteiger partial charge in [-0.2, -0.15) is 0 Å². The van der Waals surface area contributed by atoms with Gasteiger partial charge >= 0.3 is 0 Å². The van der Waals surface area contributed by atoms with Crippen molar-refractivity contribution < 1.29 is 24.3 Å². The molecule has 0 spiro atoms. The number of hydrogen-bond acceptors (Lipinski definition) is 5. The van der Waals surface area contributed by atoms with Crippen LogP contribution >= 0.6 is 0 Å². The fraction of sp³-hybridized carbons (Fsp3) is 0.500. The number of benzene rings is 1. The number of piperidine rings is 1. The molecule has 1 aliphatic rings. The summed E-state index contributed by atoms with van der Waals surface area (Å²) < 4.78 is 5.18. The van der Waals surface area contributed by atoms with Gasteiger partial charge in [-0.3, -0.25) is 9.78 Å². The highest BCUT2D eigenvalue weighted by atomic mass is 16.5. The SMILES string of the molecule is COc1ccc(CC(=O)N2CC[C@@H](CC(=O)[O-])[C@@H](CC[NH+](C)CCc3ccccn3)C2)cc1. The molecule has 1 N–H and O–H groups in total. The minimum Gasteiger partial charge on any atom is -0.550 e. The number of rotatable bonds is 11. The smallest absolute Gasteiger partial charge is 0.226 e.